The van der Waals surface area contributed by atoms with Crippen LogP contribution in [0.4, 0.5) is 0 Å². The molecule has 2 aromatic heterocycles. The number of hydrogen-bond donors (Lipinski definition) is 1. The number of rotatable bonds is 3. The molecule has 0 aliphatic rings. The van der Waals surface area contributed by atoms with Gasteiger partial charge in [-0.2, -0.15) is 0 Å². The molecule has 2 aromatic rings. The Labute approximate surface area is 101 Å². The zero-order valence-corrected chi connectivity index (χ0v) is 10.4. The summed E-state index contributed by atoms with van der Waals surface area (Å²) < 4.78 is 5.35. The predicted molar refractivity (Wildman–Crippen MR) is 65.6 cm³/mol. The van der Waals surface area contributed by atoms with Crippen molar-refractivity contribution in [2.45, 2.75) is 20.3 Å². The SMILES string of the molecule is CCOC(=O)c1nc2cc(CC)sc2c(=O)[nH]1. The number of H-pyrrole nitrogens is 1. The smallest absolute Gasteiger partial charge is 0.374 e. The number of thiophene rings is 1. The van der Waals surface area contributed by atoms with Crippen LogP contribution in [0.15, 0.2) is 10.9 Å². The van der Waals surface area contributed by atoms with Crippen molar-refractivity contribution in [3.63, 3.8) is 0 Å². The number of nitrogens with one attached hydrogen (secondary N) is 1. The van der Waals surface area contributed by atoms with Crippen LogP contribution in [-0.2, 0) is 11.2 Å². The van der Waals surface area contributed by atoms with Crippen LogP contribution in [0.2, 0.25) is 0 Å². The molecule has 0 fully saturated rings. The van der Waals surface area contributed by atoms with Crippen LogP contribution in [0.25, 0.3) is 10.2 Å². The zero-order chi connectivity index (χ0) is 12.4. The van der Waals surface area contributed by atoms with Crippen molar-refractivity contribution in [3.05, 3.63) is 27.1 Å². The number of fused-ring (bicyclic) bond motifs is 1. The third-order valence-corrected chi connectivity index (χ3v) is 3.52. The standard InChI is InChI=1S/C11H12N2O3S/c1-3-6-5-7-8(17-6)10(14)13-9(12-7)11(15)16-4-2/h5H,3-4H2,1-2H3,(H,12,13,14). The molecule has 0 atom stereocenters. The van der Waals surface area contributed by atoms with Crippen LogP contribution in [0.1, 0.15) is 29.3 Å². The van der Waals surface area contributed by atoms with Gasteiger partial charge in [-0.05, 0) is 19.4 Å². The summed E-state index contributed by atoms with van der Waals surface area (Å²) in [7, 11) is 0. The molecule has 0 aromatic carbocycles. The number of aromatic amines is 1. The van der Waals surface area contributed by atoms with Crippen molar-refractivity contribution in [1.82, 2.24) is 9.97 Å². The average molecular weight is 252 g/mol. The Bertz CT molecular complexity index is 615. The van der Waals surface area contributed by atoms with Crippen LogP contribution in [0.3, 0.4) is 0 Å². The number of esters is 1. The molecule has 0 aliphatic heterocycles. The van der Waals surface area contributed by atoms with Crippen molar-refractivity contribution in [2.24, 2.45) is 0 Å². The third-order valence-electron chi connectivity index (χ3n) is 2.25. The summed E-state index contributed by atoms with van der Waals surface area (Å²) >= 11 is 1.40. The molecule has 0 bridgehead atoms. The first kappa shape index (κ1) is 11.8. The molecule has 90 valence electrons. The maximum absolute atomic E-state index is 11.7. The van der Waals surface area contributed by atoms with Crippen molar-refractivity contribution in [3.8, 4) is 0 Å². The quantitative estimate of drug-likeness (QED) is 0.844. The minimum Gasteiger partial charge on any atom is -0.460 e. The first-order valence-corrected chi connectivity index (χ1v) is 6.17. The van der Waals surface area contributed by atoms with Crippen LogP contribution in [0.5, 0.6) is 0 Å². The molecule has 2 rings (SSSR count). The van der Waals surface area contributed by atoms with E-state index in [2.05, 4.69) is 9.97 Å². The fourth-order valence-electron chi connectivity index (χ4n) is 1.46. The summed E-state index contributed by atoms with van der Waals surface area (Å²) in [5.74, 6) is -0.638. The van der Waals surface area contributed by atoms with E-state index in [0.717, 1.165) is 11.3 Å². The molecule has 0 radical (unpaired) electrons. The lowest BCUT2D eigenvalue weighted by molar-refractivity contribution is 0.0512. The summed E-state index contributed by atoms with van der Waals surface area (Å²) in [5.41, 5.74) is 0.265. The van der Waals surface area contributed by atoms with E-state index in [-0.39, 0.29) is 18.0 Å². The first-order chi connectivity index (χ1) is 8.15. The van der Waals surface area contributed by atoms with Gasteiger partial charge < -0.3 is 4.74 Å². The van der Waals surface area contributed by atoms with E-state index >= 15 is 0 Å². The van der Waals surface area contributed by atoms with Gasteiger partial charge in [0.15, 0.2) is 0 Å². The minimum absolute atomic E-state index is 0.0372. The Morgan fingerprint density at radius 3 is 2.94 bits per heavy atom. The van der Waals surface area contributed by atoms with Gasteiger partial charge in [-0.1, -0.05) is 6.92 Å². The number of nitrogens with zero attached hydrogens (tertiary/aromatic N) is 1. The molecule has 2 heterocycles. The Balaban J connectivity index is 2.54. The van der Waals surface area contributed by atoms with Gasteiger partial charge in [0, 0.05) is 4.88 Å². The Morgan fingerprint density at radius 1 is 1.53 bits per heavy atom. The van der Waals surface area contributed by atoms with Crippen molar-refractivity contribution in [1.29, 1.82) is 0 Å². The van der Waals surface area contributed by atoms with Gasteiger partial charge in [-0.15, -0.1) is 11.3 Å². The number of hydrogen-bond acceptors (Lipinski definition) is 5. The van der Waals surface area contributed by atoms with Crippen molar-refractivity contribution < 1.29 is 9.53 Å². The summed E-state index contributed by atoms with van der Waals surface area (Å²) in [5, 5.41) is 0. The van der Waals surface area contributed by atoms with Crippen LogP contribution in [0, 0.1) is 0 Å². The average Bonchev–Trinajstić information content (AvgIpc) is 2.73. The highest BCUT2D eigenvalue weighted by Gasteiger charge is 2.13. The highest BCUT2D eigenvalue weighted by Crippen LogP contribution is 2.21. The maximum atomic E-state index is 11.7. The molecule has 0 saturated heterocycles. The van der Waals surface area contributed by atoms with Crippen LogP contribution in [-0.4, -0.2) is 22.5 Å². The fraction of sp³-hybridized carbons (Fsp3) is 0.364. The summed E-state index contributed by atoms with van der Waals surface area (Å²) in [4.78, 5) is 30.8. The lowest BCUT2D eigenvalue weighted by atomic mass is 10.3. The Kier molecular flexibility index (Phi) is 3.23. The third kappa shape index (κ3) is 2.21. The van der Waals surface area contributed by atoms with E-state index in [1.807, 2.05) is 13.0 Å². The molecule has 17 heavy (non-hydrogen) atoms. The van der Waals surface area contributed by atoms with Gasteiger partial charge in [0.05, 0.1) is 12.1 Å². The van der Waals surface area contributed by atoms with E-state index in [1.165, 1.54) is 11.3 Å². The largest absolute Gasteiger partial charge is 0.460 e. The van der Waals surface area contributed by atoms with Gasteiger partial charge in [0.1, 0.15) is 4.70 Å². The molecule has 0 spiro atoms. The van der Waals surface area contributed by atoms with Gasteiger partial charge in [-0.3, -0.25) is 9.78 Å². The molecule has 6 heteroatoms. The van der Waals surface area contributed by atoms with Gasteiger partial charge in [0.2, 0.25) is 5.82 Å². The van der Waals surface area contributed by atoms with Gasteiger partial charge in [0.25, 0.3) is 5.56 Å². The Morgan fingerprint density at radius 2 is 2.29 bits per heavy atom. The molecule has 1 N–H and O–H groups in total. The lowest BCUT2D eigenvalue weighted by Gasteiger charge is -1.99. The zero-order valence-electron chi connectivity index (χ0n) is 9.57. The summed E-state index contributed by atoms with van der Waals surface area (Å²) in [6.07, 6.45) is 0.842. The van der Waals surface area contributed by atoms with E-state index in [1.54, 1.807) is 6.92 Å². The highest BCUT2D eigenvalue weighted by molar-refractivity contribution is 7.18. The second-order valence-electron chi connectivity index (χ2n) is 3.42. The number of ether oxygens (including phenoxy) is 1. The fourth-order valence-corrected chi connectivity index (χ4v) is 2.39. The van der Waals surface area contributed by atoms with E-state index in [0.29, 0.717) is 10.2 Å². The molecule has 0 unspecified atom stereocenters. The van der Waals surface area contributed by atoms with Crippen molar-refractivity contribution in [2.75, 3.05) is 6.61 Å². The molecular formula is C11H12N2O3S. The topological polar surface area (TPSA) is 72.0 Å². The second-order valence-corrected chi connectivity index (χ2v) is 4.55. The number of carbonyl (C=O) groups is 1. The van der Waals surface area contributed by atoms with E-state index < -0.39 is 5.97 Å². The molecular weight excluding hydrogens is 240 g/mol. The summed E-state index contributed by atoms with van der Waals surface area (Å²) in [6, 6.07) is 1.83. The molecule has 0 amide bonds. The van der Waals surface area contributed by atoms with Gasteiger partial charge >= 0.3 is 5.97 Å². The maximum Gasteiger partial charge on any atom is 0.374 e. The Hall–Kier alpha value is -1.69. The van der Waals surface area contributed by atoms with Gasteiger partial charge in [-0.25, -0.2) is 9.78 Å². The number of carbonyl (C=O) groups excluding carboxylic acids is 1. The van der Waals surface area contributed by atoms with E-state index in [4.69, 9.17) is 4.74 Å². The second kappa shape index (κ2) is 4.67. The predicted octanol–water partition coefficient (Wildman–Crippen LogP) is 1.72. The van der Waals surface area contributed by atoms with E-state index in [9.17, 15) is 9.59 Å². The molecule has 0 aliphatic carbocycles. The summed E-state index contributed by atoms with van der Waals surface area (Å²) in [6.45, 7) is 3.96. The first-order valence-electron chi connectivity index (χ1n) is 5.35. The van der Waals surface area contributed by atoms with Crippen LogP contribution < -0.4 is 5.56 Å². The minimum atomic E-state index is -0.601. The molecule has 0 saturated carbocycles. The van der Waals surface area contributed by atoms with Crippen LogP contribution >= 0.6 is 11.3 Å². The number of aromatic nitrogens is 2. The van der Waals surface area contributed by atoms with Crippen molar-refractivity contribution >= 4 is 27.5 Å². The highest BCUT2D eigenvalue weighted by atomic mass is 32.1. The number of aryl methyl sites for hydroxylation is 1. The lowest BCUT2D eigenvalue weighted by Crippen LogP contribution is -2.16. The normalized spacial score (nSPS) is 10.7. The molecule has 5 nitrogen and oxygen atoms in total. The monoisotopic (exact) mass is 252 g/mol.